The van der Waals surface area contributed by atoms with Gasteiger partial charge in [0, 0.05) is 12.4 Å². The molecule has 1 amide bonds. The first-order valence-corrected chi connectivity index (χ1v) is 9.94. The Morgan fingerprint density at radius 1 is 1.03 bits per heavy atom. The van der Waals surface area contributed by atoms with Crippen LogP contribution in [0, 0.1) is 0 Å². The van der Waals surface area contributed by atoms with Gasteiger partial charge in [-0.1, -0.05) is 12.1 Å². The number of rotatable bonds is 5. The number of oxazole rings is 1. The summed E-state index contributed by atoms with van der Waals surface area (Å²) < 4.78 is 85.8. The van der Waals surface area contributed by atoms with Gasteiger partial charge in [0.05, 0.1) is 35.2 Å². The summed E-state index contributed by atoms with van der Waals surface area (Å²) in [5.41, 5.74) is -2.72. The molecule has 0 saturated heterocycles. The van der Waals surface area contributed by atoms with Crippen LogP contribution in [0.3, 0.4) is 0 Å². The fraction of sp³-hybridized carbons (Fsp3) is 0.182. The third-order valence-electron chi connectivity index (χ3n) is 5.01. The molecular weight excluding hydrogens is 512 g/mol. The summed E-state index contributed by atoms with van der Waals surface area (Å²) in [5, 5.41) is 6.42. The van der Waals surface area contributed by atoms with Crippen LogP contribution in [-0.2, 0) is 12.4 Å². The van der Waals surface area contributed by atoms with E-state index >= 15 is 0 Å². The summed E-state index contributed by atoms with van der Waals surface area (Å²) in [7, 11) is 0. The van der Waals surface area contributed by atoms with Crippen LogP contribution >= 0.6 is 13.5 Å². The van der Waals surface area contributed by atoms with Gasteiger partial charge in [-0.3, -0.25) is 14.5 Å². The lowest BCUT2D eigenvalue weighted by Gasteiger charge is -2.20. The number of anilines is 1. The minimum Gasteiger partial charge on any atom is -0.429 e. The van der Waals surface area contributed by atoms with Crippen molar-refractivity contribution < 1.29 is 35.6 Å². The van der Waals surface area contributed by atoms with Crippen molar-refractivity contribution in [1.82, 2.24) is 19.7 Å². The molecule has 0 aliphatic carbocycles. The Hall–Kier alpha value is -3.81. The molecule has 3 heterocycles. The fourth-order valence-corrected chi connectivity index (χ4v) is 3.28. The molecule has 0 fully saturated rings. The Morgan fingerprint density at radius 2 is 1.78 bits per heavy atom. The molecule has 14 heteroatoms. The average Bonchev–Trinajstić information content (AvgIpc) is 3.48. The zero-order valence-electron chi connectivity index (χ0n) is 18.2. The van der Waals surface area contributed by atoms with Crippen LogP contribution in [0.2, 0.25) is 0 Å². The lowest BCUT2D eigenvalue weighted by molar-refractivity contribution is -0.143. The number of hydrogen-bond acceptors (Lipinski definition) is 5. The van der Waals surface area contributed by atoms with Gasteiger partial charge in [0.1, 0.15) is 5.69 Å². The number of alkyl halides is 6. The largest absolute Gasteiger partial charge is 0.429 e. The summed E-state index contributed by atoms with van der Waals surface area (Å²) >= 11 is 0. The van der Waals surface area contributed by atoms with Crippen LogP contribution in [0.15, 0.2) is 65.6 Å². The number of pyridine rings is 1. The van der Waals surface area contributed by atoms with Crippen molar-refractivity contribution >= 4 is 25.1 Å². The van der Waals surface area contributed by atoms with Crippen LogP contribution in [-0.4, -0.2) is 25.7 Å². The minimum absolute atomic E-state index is 0. The Labute approximate surface area is 206 Å². The Kier molecular flexibility index (Phi) is 7.48. The second-order valence-electron chi connectivity index (χ2n) is 7.38. The quantitative estimate of drug-likeness (QED) is 0.323. The van der Waals surface area contributed by atoms with Crippen LogP contribution < -0.4 is 5.32 Å². The molecule has 3 aromatic heterocycles. The highest BCUT2D eigenvalue weighted by Gasteiger charge is 2.39. The van der Waals surface area contributed by atoms with E-state index in [2.05, 4.69) is 20.4 Å². The molecule has 0 spiro atoms. The minimum atomic E-state index is -5.02. The number of carbonyl (C=O) groups is 1. The molecule has 4 aromatic rings. The number of nitrogens with one attached hydrogen (secondary N) is 1. The predicted molar refractivity (Wildman–Crippen MR) is 121 cm³/mol. The van der Waals surface area contributed by atoms with E-state index in [1.54, 1.807) is 18.2 Å². The zero-order valence-corrected chi connectivity index (χ0v) is 19.2. The second kappa shape index (κ2) is 10.0. The van der Waals surface area contributed by atoms with Crippen molar-refractivity contribution in [3.63, 3.8) is 0 Å². The van der Waals surface area contributed by atoms with Gasteiger partial charge in [0.2, 0.25) is 11.7 Å². The topological polar surface area (TPSA) is 85.8 Å². The summed E-state index contributed by atoms with van der Waals surface area (Å²) in [6.07, 6.45) is -4.81. The Balaban J connectivity index is 0.00000361. The lowest BCUT2D eigenvalue weighted by Crippen LogP contribution is -2.17. The van der Waals surface area contributed by atoms with Crippen LogP contribution in [0.4, 0.5) is 32.0 Å². The molecular formula is C22H17F6N5O2S. The van der Waals surface area contributed by atoms with E-state index in [1.165, 1.54) is 31.7 Å². The van der Waals surface area contributed by atoms with Crippen molar-refractivity contribution in [2.45, 2.75) is 25.3 Å². The van der Waals surface area contributed by atoms with Crippen molar-refractivity contribution in [2.24, 2.45) is 0 Å². The maximum atomic E-state index is 13.5. The number of aromatic nitrogens is 4. The van der Waals surface area contributed by atoms with Crippen LogP contribution in [0.25, 0.3) is 11.6 Å². The first kappa shape index (κ1) is 26.8. The molecule has 7 nitrogen and oxygen atoms in total. The van der Waals surface area contributed by atoms with E-state index in [9.17, 15) is 31.1 Å². The number of carbonyl (C=O) groups excluding carboxylic acids is 1. The highest BCUT2D eigenvalue weighted by atomic mass is 32.1. The molecule has 1 aromatic carbocycles. The van der Waals surface area contributed by atoms with Gasteiger partial charge >= 0.3 is 12.4 Å². The lowest BCUT2D eigenvalue weighted by atomic mass is 9.98. The predicted octanol–water partition coefficient (Wildman–Crippen LogP) is 5.95. The number of amides is 1. The van der Waals surface area contributed by atoms with Gasteiger partial charge in [-0.2, -0.15) is 44.9 Å². The fourth-order valence-electron chi connectivity index (χ4n) is 3.28. The van der Waals surface area contributed by atoms with Crippen molar-refractivity contribution in [2.75, 3.05) is 5.32 Å². The van der Waals surface area contributed by atoms with E-state index in [0.29, 0.717) is 11.8 Å². The standard InChI is InChI=1S/C22H15F6N5O2.H2S/c1-12(15-6-5-13(21(23,24)25)8-16(15)22(26,27)28)33-11-14(9-31-33)32-19(34)18-10-30-20(35-18)17-4-2-3-7-29-17;/h2-12H,1H3,(H,32,34);1H2/t12-;/m0./s1. The van der Waals surface area contributed by atoms with Crippen molar-refractivity contribution in [3.05, 3.63) is 83.6 Å². The van der Waals surface area contributed by atoms with E-state index in [1.807, 2.05) is 0 Å². The molecule has 0 aliphatic heterocycles. The number of halogens is 6. The second-order valence-corrected chi connectivity index (χ2v) is 7.38. The number of nitrogens with zero attached hydrogens (tertiary/aromatic N) is 4. The molecule has 0 radical (unpaired) electrons. The van der Waals surface area contributed by atoms with Gasteiger partial charge in [-0.05, 0) is 36.8 Å². The molecule has 0 saturated carbocycles. The third kappa shape index (κ3) is 5.70. The normalized spacial score (nSPS) is 12.6. The summed E-state index contributed by atoms with van der Waals surface area (Å²) in [6, 6.07) is 5.36. The molecule has 0 aliphatic rings. The average molecular weight is 529 g/mol. The van der Waals surface area contributed by atoms with Gasteiger partial charge < -0.3 is 9.73 Å². The van der Waals surface area contributed by atoms with Crippen molar-refractivity contribution in [1.29, 1.82) is 0 Å². The van der Waals surface area contributed by atoms with Gasteiger partial charge in [0.15, 0.2) is 0 Å². The van der Waals surface area contributed by atoms with Crippen LogP contribution in [0.5, 0.6) is 0 Å². The van der Waals surface area contributed by atoms with Crippen LogP contribution in [0.1, 0.15) is 40.2 Å². The SMILES string of the molecule is C[C@@H](c1ccc(C(F)(F)F)cc1C(F)(F)F)n1cc(NC(=O)c2cnc(-c3ccccn3)o2)cn1.S. The van der Waals surface area contributed by atoms with E-state index in [4.69, 9.17) is 4.42 Å². The van der Waals surface area contributed by atoms with Gasteiger partial charge in [0.25, 0.3) is 5.91 Å². The first-order chi connectivity index (χ1) is 16.4. The summed E-state index contributed by atoms with van der Waals surface area (Å²) in [6.45, 7) is 1.34. The molecule has 0 unspecified atom stereocenters. The van der Waals surface area contributed by atoms with Gasteiger partial charge in [-0.25, -0.2) is 4.98 Å². The molecule has 4 rings (SSSR count). The smallest absolute Gasteiger partial charge is 0.416 e. The van der Waals surface area contributed by atoms with E-state index in [0.717, 1.165) is 10.7 Å². The maximum absolute atomic E-state index is 13.5. The Bertz CT molecular complexity index is 1350. The van der Waals surface area contributed by atoms with Gasteiger partial charge in [-0.15, -0.1) is 0 Å². The maximum Gasteiger partial charge on any atom is 0.416 e. The van der Waals surface area contributed by atoms with E-state index in [-0.39, 0.29) is 36.9 Å². The monoisotopic (exact) mass is 529 g/mol. The highest BCUT2D eigenvalue weighted by molar-refractivity contribution is 7.59. The van der Waals surface area contributed by atoms with Crippen molar-refractivity contribution in [3.8, 4) is 11.6 Å². The molecule has 190 valence electrons. The summed E-state index contributed by atoms with van der Waals surface area (Å²) in [5.74, 6) is -0.729. The third-order valence-corrected chi connectivity index (χ3v) is 5.01. The number of benzene rings is 1. The molecule has 1 atom stereocenters. The summed E-state index contributed by atoms with van der Waals surface area (Å²) in [4.78, 5) is 20.5. The molecule has 1 N–H and O–H groups in total. The Morgan fingerprint density at radius 3 is 2.42 bits per heavy atom. The van der Waals surface area contributed by atoms with E-state index < -0.39 is 41.0 Å². The molecule has 0 bridgehead atoms. The highest BCUT2D eigenvalue weighted by Crippen LogP contribution is 2.39. The zero-order chi connectivity index (χ0) is 25.4. The first-order valence-electron chi connectivity index (χ1n) is 9.94. The number of hydrogen-bond donors (Lipinski definition) is 1. The molecule has 36 heavy (non-hydrogen) atoms.